The van der Waals surface area contributed by atoms with Gasteiger partial charge in [-0.3, -0.25) is 14.8 Å². The molecule has 6 nitrogen and oxygen atoms in total. The minimum atomic E-state index is -0.252. The van der Waals surface area contributed by atoms with Gasteiger partial charge in [-0.25, -0.2) is 4.98 Å². The molecule has 0 saturated carbocycles. The van der Waals surface area contributed by atoms with Crippen molar-refractivity contribution in [2.24, 2.45) is 7.05 Å². The number of nitrogens with zero attached hydrogens (tertiary/aromatic N) is 3. The lowest BCUT2D eigenvalue weighted by Crippen LogP contribution is -2.15. The average Bonchev–Trinajstić information content (AvgIpc) is 3.35. The monoisotopic (exact) mass is 350 g/mol. The van der Waals surface area contributed by atoms with E-state index < -0.39 is 0 Å². The van der Waals surface area contributed by atoms with Gasteiger partial charge < -0.3 is 4.42 Å². The van der Waals surface area contributed by atoms with Crippen LogP contribution in [0.2, 0.25) is 0 Å². The maximum absolute atomic E-state index is 12.5. The molecular weight excluding hydrogens is 336 g/mol. The fourth-order valence-corrected chi connectivity index (χ4v) is 3.15. The zero-order valence-corrected chi connectivity index (χ0v) is 14.2. The normalized spacial score (nSPS) is 10.8. The van der Waals surface area contributed by atoms with Crippen LogP contribution in [0.5, 0.6) is 0 Å². The van der Waals surface area contributed by atoms with Gasteiger partial charge >= 0.3 is 0 Å². The van der Waals surface area contributed by atoms with Gasteiger partial charge in [-0.05, 0) is 18.2 Å². The second-order valence-corrected chi connectivity index (χ2v) is 6.23. The predicted molar refractivity (Wildman–Crippen MR) is 96.4 cm³/mol. The van der Waals surface area contributed by atoms with E-state index in [4.69, 9.17) is 4.42 Å². The number of hydrogen-bond acceptors (Lipinski definition) is 5. The van der Waals surface area contributed by atoms with Gasteiger partial charge in [-0.2, -0.15) is 5.10 Å². The van der Waals surface area contributed by atoms with Gasteiger partial charge in [0.15, 0.2) is 10.9 Å². The molecule has 124 valence electrons. The van der Waals surface area contributed by atoms with Gasteiger partial charge in [0, 0.05) is 18.0 Å². The van der Waals surface area contributed by atoms with Crippen LogP contribution in [0, 0.1) is 0 Å². The molecule has 0 spiro atoms. The highest BCUT2D eigenvalue weighted by Gasteiger charge is 2.16. The zero-order chi connectivity index (χ0) is 17.2. The molecule has 3 heterocycles. The lowest BCUT2D eigenvalue weighted by atomic mass is 10.1. The van der Waals surface area contributed by atoms with E-state index in [0.717, 1.165) is 11.3 Å². The van der Waals surface area contributed by atoms with Crippen LogP contribution in [0.4, 0.5) is 5.13 Å². The van der Waals surface area contributed by atoms with Crippen LogP contribution in [-0.2, 0) is 7.05 Å². The minimum Gasteiger partial charge on any atom is -0.463 e. The van der Waals surface area contributed by atoms with Crippen LogP contribution in [0.25, 0.3) is 22.7 Å². The van der Waals surface area contributed by atoms with E-state index in [1.54, 1.807) is 30.1 Å². The summed E-state index contributed by atoms with van der Waals surface area (Å²) < 4.78 is 6.88. The number of aryl methyl sites for hydroxylation is 1. The van der Waals surface area contributed by atoms with Crippen molar-refractivity contribution in [2.45, 2.75) is 0 Å². The maximum Gasteiger partial charge on any atom is 0.275 e. The van der Waals surface area contributed by atoms with E-state index >= 15 is 0 Å². The molecule has 7 heteroatoms. The van der Waals surface area contributed by atoms with E-state index in [1.807, 2.05) is 41.8 Å². The standard InChI is InChI=1S/C18H14N4O2S/c1-22-15(10-13(21-22)12-6-3-2-4-7-12)17(23)20-18-19-14(11-25-18)16-8-5-9-24-16/h2-11H,1H3,(H,19,20,23). The van der Waals surface area contributed by atoms with Crippen molar-refractivity contribution in [3.8, 4) is 22.7 Å². The topological polar surface area (TPSA) is 73.0 Å². The first-order chi connectivity index (χ1) is 12.2. The lowest BCUT2D eigenvalue weighted by molar-refractivity contribution is 0.101. The van der Waals surface area contributed by atoms with Crippen LogP contribution in [0.1, 0.15) is 10.5 Å². The van der Waals surface area contributed by atoms with Gasteiger partial charge in [0.25, 0.3) is 5.91 Å². The van der Waals surface area contributed by atoms with Crippen molar-refractivity contribution in [2.75, 3.05) is 5.32 Å². The van der Waals surface area contributed by atoms with Crippen molar-refractivity contribution in [1.29, 1.82) is 0 Å². The second-order valence-electron chi connectivity index (χ2n) is 5.37. The summed E-state index contributed by atoms with van der Waals surface area (Å²) in [4.78, 5) is 16.9. The molecular formula is C18H14N4O2S. The van der Waals surface area contributed by atoms with Crippen molar-refractivity contribution < 1.29 is 9.21 Å². The first-order valence-electron chi connectivity index (χ1n) is 7.61. The summed E-state index contributed by atoms with van der Waals surface area (Å²) in [6.07, 6.45) is 1.59. The van der Waals surface area contributed by atoms with E-state index in [9.17, 15) is 4.79 Å². The van der Waals surface area contributed by atoms with Gasteiger partial charge in [0.1, 0.15) is 11.4 Å². The van der Waals surface area contributed by atoms with Gasteiger partial charge in [-0.1, -0.05) is 30.3 Å². The Balaban J connectivity index is 1.55. The first kappa shape index (κ1) is 15.3. The smallest absolute Gasteiger partial charge is 0.275 e. The SMILES string of the molecule is Cn1nc(-c2ccccc2)cc1C(=O)Nc1nc(-c2ccco2)cs1. The molecule has 0 bridgehead atoms. The Hall–Kier alpha value is -3.19. The molecule has 0 aliphatic heterocycles. The number of carbonyl (C=O) groups excluding carboxylic acids is 1. The molecule has 0 radical (unpaired) electrons. The Morgan fingerprint density at radius 2 is 2.00 bits per heavy atom. The predicted octanol–water partition coefficient (Wildman–Crippen LogP) is 4.06. The summed E-state index contributed by atoms with van der Waals surface area (Å²) in [5.41, 5.74) is 2.88. The highest BCUT2D eigenvalue weighted by Crippen LogP contribution is 2.26. The average molecular weight is 350 g/mol. The molecule has 3 aromatic heterocycles. The zero-order valence-electron chi connectivity index (χ0n) is 13.3. The summed E-state index contributed by atoms with van der Waals surface area (Å²) in [5.74, 6) is 0.418. The second kappa shape index (κ2) is 6.37. The number of carbonyl (C=O) groups is 1. The Morgan fingerprint density at radius 1 is 1.16 bits per heavy atom. The molecule has 25 heavy (non-hydrogen) atoms. The van der Waals surface area contributed by atoms with Gasteiger partial charge in [0.05, 0.1) is 12.0 Å². The molecule has 1 aromatic carbocycles. The van der Waals surface area contributed by atoms with E-state index in [2.05, 4.69) is 15.4 Å². The molecule has 0 fully saturated rings. The number of aromatic nitrogens is 3. The summed E-state index contributed by atoms with van der Waals surface area (Å²) in [6, 6.07) is 15.1. The molecule has 0 aliphatic rings. The molecule has 0 atom stereocenters. The van der Waals surface area contributed by atoms with Crippen LogP contribution in [0.15, 0.2) is 64.6 Å². The van der Waals surface area contributed by atoms with Crippen molar-refractivity contribution in [3.05, 3.63) is 65.9 Å². The van der Waals surface area contributed by atoms with Crippen LogP contribution in [0.3, 0.4) is 0 Å². The number of benzene rings is 1. The third kappa shape index (κ3) is 3.09. The molecule has 0 saturated heterocycles. The Labute approximate surface area is 147 Å². The fraction of sp³-hybridized carbons (Fsp3) is 0.0556. The quantitative estimate of drug-likeness (QED) is 0.602. The number of hydrogen-bond donors (Lipinski definition) is 1. The van der Waals surface area contributed by atoms with Crippen LogP contribution >= 0.6 is 11.3 Å². The summed E-state index contributed by atoms with van der Waals surface area (Å²) in [5, 5.41) is 9.58. The third-order valence-corrected chi connectivity index (χ3v) is 4.44. The largest absolute Gasteiger partial charge is 0.463 e. The molecule has 1 N–H and O–H groups in total. The highest BCUT2D eigenvalue weighted by molar-refractivity contribution is 7.14. The Kier molecular flexibility index (Phi) is 3.91. The summed E-state index contributed by atoms with van der Waals surface area (Å²) in [7, 11) is 1.75. The fourth-order valence-electron chi connectivity index (χ4n) is 2.46. The van der Waals surface area contributed by atoms with E-state index in [0.29, 0.717) is 22.3 Å². The number of furan rings is 1. The molecule has 0 aliphatic carbocycles. The number of anilines is 1. The third-order valence-electron chi connectivity index (χ3n) is 3.68. The number of nitrogens with one attached hydrogen (secondary N) is 1. The van der Waals surface area contributed by atoms with Crippen molar-refractivity contribution >= 4 is 22.4 Å². The van der Waals surface area contributed by atoms with Gasteiger partial charge in [0.2, 0.25) is 0 Å². The van der Waals surface area contributed by atoms with Crippen molar-refractivity contribution in [3.63, 3.8) is 0 Å². The molecule has 1 amide bonds. The summed E-state index contributed by atoms with van der Waals surface area (Å²) >= 11 is 1.35. The molecule has 4 rings (SSSR count). The Bertz CT molecular complexity index is 1000. The van der Waals surface area contributed by atoms with Crippen LogP contribution < -0.4 is 5.32 Å². The molecule has 0 unspecified atom stereocenters. The summed E-state index contributed by atoms with van der Waals surface area (Å²) in [6.45, 7) is 0. The number of thiazole rings is 1. The highest BCUT2D eigenvalue weighted by atomic mass is 32.1. The number of rotatable bonds is 4. The van der Waals surface area contributed by atoms with E-state index in [1.165, 1.54) is 11.3 Å². The maximum atomic E-state index is 12.5. The number of amides is 1. The lowest BCUT2D eigenvalue weighted by Gasteiger charge is -2.01. The first-order valence-corrected chi connectivity index (χ1v) is 8.49. The van der Waals surface area contributed by atoms with Crippen molar-refractivity contribution in [1.82, 2.24) is 14.8 Å². The van der Waals surface area contributed by atoms with E-state index in [-0.39, 0.29) is 5.91 Å². The minimum absolute atomic E-state index is 0.252. The van der Waals surface area contributed by atoms with Gasteiger partial charge in [-0.15, -0.1) is 11.3 Å². The van der Waals surface area contributed by atoms with Crippen LogP contribution in [-0.4, -0.2) is 20.7 Å². The molecule has 4 aromatic rings. The Morgan fingerprint density at radius 3 is 2.76 bits per heavy atom.